The van der Waals surface area contributed by atoms with Crippen LogP contribution in [-0.2, 0) is 7.05 Å². The molecule has 0 aliphatic heterocycles. The molecule has 92 valence electrons. The molecule has 0 aliphatic carbocycles. The minimum Gasteiger partial charge on any atom is -0.459 e. The van der Waals surface area contributed by atoms with Gasteiger partial charge in [0.15, 0.2) is 0 Å². The number of hydrogen-bond donors (Lipinski definition) is 1. The SMILES string of the molecule is CNC(c1cc2ccccc2o1)c1ccnn1C. The minimum atomic E-state index is 0.0184. The van der Waals surface area contributed by atoms with Crippen LogP contribution in [0, 0.1) is 0 Å². The molecule has 3 aromatic rings. The Morgan fingerprint density at radius 2 is 2.11 bits per heavy atom. The summed E-state index contributed by atoms with van der Waals surface area (Å²) in [5.74, 6) is 0.905. The molecule has 1 aromatic carbocycles. The first-order chi connectivity index (χ1) is 8.79. The van der Waals surface area contributed by atoms with Crippen LogP contribution in [0.15, 0.2) is 47.0 Å². The number of nitrogens with one attached hydrogen (secondary N) is 1. The first-order valence-electron chi connectivity index (χ1n) is 5.93. The van der Waals surface area contributed by atoms with Crippen LogP contribution in [0.25, 0.3) is 11.0 Å². The monoisotopic (exact) mass is 241 g/mol. The van der Waals surface area contributed by atoms with Crippen LogP contribution < -0.4 is 5.32 Å². The summed E-state index contributed by atoms with van der Waals surface area (Å²) in [5.41, 5.74) is 1.99. The van der Waals surface area contributed by atoms with E-state index >= 15 is 0 Å². The predicted molar refractivity (Wildman–Crippen MR) is 70.3 cm³/mol. The van der Waals surface area contributed by atoms with Gasteiger partial charge in [-0.3, -0.25) is 4.68 Å². The van der Waals surface area contributed by atoms with Crippen molar-refractivity contribution >= 4 is 11.0 Å². The van der Waals surface area contributed by atoms with Crippen molar-refractivity contribution in [2.45, 2.75) is 6.04 Å². The average molecular weight is 241 g/mol. The van der Waals surface area contributed by atoms with Crippen molar-refractivity contribution in [1.82, 2.24) is 15.1 Å². The molecule has 0 amide bonds. The fourth-order valence-electron chi connectivity index (χ4n) is 2.25. The van der Waals surface area contributed by atoms with Crippen molar-refractivity contribution in [2.24, 2.45) is 7.05 Å². The summed E-state index contributed by atoms with van der Waals surface area (Å²) >= 11 is 0. The van der Waals surface area contributed by atoms with Gasteiger partial charge in [0.25, 0.3) is 0 Å². The minimum absolute atomic E-state index is 0.0184. The van der Waals surface area contributed by atoms with Gasteiger partial charge in [0.05, 0.1) is 5.69 Å². The maximum atomic E-state index is 5.90. The highest BCUT2D eigenvalue weighted by molar-refractivity contribution is 5.77. The summed E-state index contributed by atoms with van der Waals surface area (Å²) in [7, 11) is 3.85. The van der Waals surface area contributed by atoms with Gasteiger partial charge in [-0.15, -0.1) is 0 Å². The molecule has 1 atom stereocenters. The van der Waals surface area contributed by atoms with E-state index < -0.39 is 0 Å². The van der Waals surface area contributed by atoms with Crippen molar-refractivity contribution < 1.29 is 4.42 Å². The van der Waals surface area contributed by atoms with Gasteiger partial charge in [-0.05, 0) is 25.2 Å². The first-order valence-corrected chi connectivity index (χ1v) is 5.93. The third-order valence-corrected chi connectivity index (χ3v) is 3.17. The second-order valence-corrected chi connectivity index (χ2v) is 4.29. The highest BCUT2D eigenvalue weighted by atomic mass is 16.3. The first kappa shape index (κ1) is 11.0. The Labute approximate surface area is 105 Å². The fraction of sp³-hybridized carbons (Fsp3) is 0.214. The standard InChI is InChI=1S/C14H15N3O/c1-15-14(11-7-8-16-17(11)2)13-9-10-5-3-4-6-12(10)18-13/h3-9,14-15H,1-2H3. The lowest BCUT2D eigenvalue weighted by molar-refractivity contribution is 0.473. The Bertz CT molecular complexity index is 635. The van der Waals surface area contributed by atoms with Crippen LogP contribution in [0.1, 0.15) is 17.5 Å². The molecular weight excluding hydrogens is 226 g/mol. The van der Waals surface area contributed by atoms with Gasteiger partial charge in [-0.2, -0.15) is 5.10 Å². The number of aryl methyl sites for hydroxylation is 1. The second-order valence-electron chi connectivity index (χ2n) is 4.29. The number of nitrogens with zero attached hydrogens (tertiary/aromatic N) is 2. The number of para-hydroxylation sites is 1. The van der Waals surface area contributed by atoms with Crippen molar-refractivity contribution in [2.75, 3.05) is 7.05 Å². The molecule has 0 saturated heterocycles. The van der Waals surface area contributed by atoms with Crippen molar-refractivity contribution in [3.63, 3.8) is 0 Å². The van der Waals surface area contributed by atoms with Crippen molar-refractivity contribution in [3.05, 3.63) is 54.0 Å². The summed E-state index contributed by atoms with van der Waals surface area (Å²) in [6.07, 6.45) is 1.79. The number of fused-ring (bicyclic) bond motifs is 1. The maximum Gasteiger partial charge on any atom is 0.134 e. The van der Waals surface area contributed by atoms with Crippen LogP contribution in [-0.4, -0.2) is 16.8 Å². The maximum absolute atomic E-state index is 5.90. The van der Waals surface area contributed by atoms with Gasteiger partial charge >= 0.3 is 0 Å². The number of hydrogen-bond acceptors (Lipinski definition) is 3. The molecule has 0 aliphatic rings. The molecule has 0 bridgehead atoms. The zero-order valence-electron chi connectivity index (χ0n) is 10.4. The van der Waals surface area contributed by atoms with Gasteiger partial charge in [0.2, 0.25) is 0 Å². The number of rotatable bonds is 3. The third-order valence-electron chi connectivity index (χ3n) is 3.17. The van der Waals surface area contributed by atoms with E-state index in [0.717, 1.165) is 22.4 Å². The van der Waals surface area contributed by atoms with Gasteiger partial charge in [0, 0.05) is 18.6 Å². The molecule has 2 aromatic heterocycles. The fourth-order valence-corrected chi connectivity index (χ4v) is 2.25. The molecule has 18 heavy (non-hydrogen) atoms. The largest absolute Gasteiger partial charge is 0.459 e. The summed E-state index contributed by atoms with van der Waals surface area (Å²) < 4.78 is 7.75. The Morgan fingerprint density at radius 1 is 1.28 bits per heavy atom. The Kier molecular flexibility index (Phi) is 2.64. The summed E-state index contributed by atoms with van der Waals surface area (Å²) in [5, 5.41) is 8.59. The van der Waals surface area contributed by atoms with Crippen molar-refractivity contribution in [1.29, 1.82) is 0 Å². The van der Waals surface area contributed by atoms with Gasteiger partial charge in [-0.25, -0.2) is 0 Å². The van der Waals surface area contributed by atoms with E-state index in [4.69, 9.17) is 4.42 Å². The van der Waals surface area contributed by atoms with Gasteiger partial charge in [-0.1, -0.05) is 18.2 Å². The molecule has 2 heterocycles. The van der Waals surface area contributed by atoms with Gasteiger partial charge in [0.1, 0.15) is 17.4 Å². The number of benzene rings is 1. The van der Waals surface area contributed by atoms with E-state index in [1.54, 1.807) is 6.20 Å². The van der Waals surface area contributed by atoms with E-state index in [-0.39, 0.29) is 6.04 Å². The normalized spacial score (nSPS) is 13.0. The molecule has 0 fully saturated rings. The van der Waals surface area contributed by atoms with Crippen molar-refractivity contribution in [3.8, 4) is 0 Å². The zero-order valence-corrected chi connectivity index (χ0v) is 10.4. The van der Waals surface area contributed by atoms with Crippen LogP contribution >= 0.6 is 0 Å². The lowest BCUT2D eigenvalue weighted by Gasteiger charge is -2.13. The lowest BCUT2D eigenvalue weighted by atomic mass is 10.1. The third kappa shape index (κ3) is 1.71. The average Bonchev–Trinajstić information content (AvgIpc) is 2.97. The lowest BCUT2D eigenvalue weighted by Crippen LogP contribution is -2.20. The molecule has 4 nitrogen and oxygen atoms in total. The molecular formula is C14H15N3O. The highest BCUT2D eigenvalue weighted by Gasteiger charge is 2.19. The Balaban J connectivity index is 2.09. The highest BCUT2D eigenvalue weighted by Crippen LogP contribution is 2.27. The summed E-state index contributed by atoms with van der Waals surface area (Å²) in [4.78, 5) is 0. The van der Waals surface area contributed by atoms with Crippen LogP contribution in [0.2, 0.25) is 0 Å². The van der Waals surface area contributed by atoms with Crippen LogP contribution in [0.3, 0.4) is 0 Å². The number of furan rings is 1. The van der Waals surface area contributed by atoms with Crippen LogP contribution in [0.4, 0.5) is 0 Å². The number of aromatic nitrogens is 2. The second kappa shape index (κ2) is 4.31. The van der Waals surface area contributed by atoms with E-state index in [9.17, 15) is 0 Å². The molecule has 1 N–H and O–H groups in total. The quantitative estimate of drug-likeness (QED) is 0.766. The molecule has 0 saturated carbocycles. The van der Waals surface area contributed by atoms with Gasteiger partial charge < -0.3 is 9.73 Å². The summed E-state index contributed by atoms with van der Waals surface area (Å²) in [6, 6.07) is 12.1. The van der Waals surface area contributed by atoms with E-state index in [2.05, 4.69) is 22.5 Å². The smallest absolute Gasteiger partial charge is 0.134 e. The molecule has 4 heteroatoms. The Hall–Kier alpha value is -2.07. The van der Waals surface area contributed by atoms with E-state index in [1.807, 2.05) is 43.0 Å². The molecule has 3 rings (SSSR count). The molecule has 0 radical (unpaired) electrons. The van der Waals surface area contributed by atoms with E-state index in [1.165, 1.54) is 0 Å². The van der Waals surface area contributed by atoms with Crippen LogP contribution in [0.5, 0.6) is 0 Å². The zero-order chi connectivity index (χ0) is 12.5. The predicted octanol–water partition coefficient (Wildman–Crippen LogP) is 2.48. The topological polar surface area (TPSA) is 43.0 Å². The molecule has 1 unspecified atom stereocenters. The summed E-state index contributed by atoms with van der Waals surface area (Å²) in [6.45, 7) is 0. The Morgan fingerprint density at radius 3 is 2.78 bits per heavy atom. The van der Waals surface area contributed by atoms with E-state index in [0.29, 0.717) is 0 Å². The molecule has 0 spiro atoms.